The molecule has 6 nitrogen and oxygen atoms in total. The highest BCUT2D eigenvalue weighted by atomic mass is 32.2. The van der Waals surface area contributed by atoms with E-state index in [1.54, 1.807) is 23.3 Å². The maximum atomic E-state index is 12.7. The van der Waals surface area contributed by atoms with E-state index in [0.717, 1.165) is 23.7 Å². The Hall–Kier alpha value is -2.20. The minimum absolute atomic E-state index is 0.0000829. The van der Waals surface area contributed by atoms with Gasteiger partial charge in [-0.1, -0.05) is 48.6 Å². The number of carbonyl (C=O) groups excluding carboxylic acids is 2. The number of ether oxygens (including phenoxy) is 1. The molecular formula is C26H31N3O3S3. The van der Waals surface area contributed by atoms with Crippen LogP contribution < -0.4 is 10.1 Å². The minimum atomic E-state index is -0.0709. The molecule has 2 saturated heterocycles. The Labute approximate surface area is 220 Å². The molecule has 2 aliphatic rings. The van der Waals surface area contributed by atoms with Gasteiger partial charge in [-0.3, -0.25) is 19.4 Å². The number of hydrogen-bond donors (Lipinski definition) is 1. The normalized spacial score (nSPS) is 18.8. The molecule has 1 unspecified atom stereocenters. The summed E-state index contributed by atoms with van der Waals surface area (Å²) in [5, 5.41) is 5.11. The van der Waals surface area contributed by atoms with Gasteiger partial charge in [0.2, 0.25) is 5.91 Å². The van der Waals surface area contributed by atoms with Gasteiger partial charge in [-0.25, -0.2) is 0 Å². The zero-order valence-electron chi connectivity index (χ0n) is 19.9. The molecule has 2 amide bonds. The van der Waals surface area contributed by atoms with E-state index in [0.29, 0.717) is 35.2 Å². The molecule has 1 atom stereocenters. The number of rotatable bonds is 10. The molecule has 0 spiro atoms. The van der Waals surface area contributed by atoms with Gasteiger partial charge in [0.25, 0.3) is 5.91 Å². The molecule has 0 radical (unpaired) electrons. The number of carbonyl (C=O) groups is 2. The standard InChI is InChI=1S/C26H31N3O3S3/c1-32-20-11-9-19(10-12-20)22(28-13-3-2-4-14-28)18-27-24(30)8-5-15-29-25(31)23(35-26(29)33)17-21-7-6-16-34-21/h6-7,9-12,16-17,22H,2-5,8,13-15,18H2,1H3,(H,27,30)/b23-17-. The van der Waals surface area contributed by atoms with Crippen molar-refractivity contribution in [2.45, 2.75) is 38.1 Å². The monoisotopic (exact) mass is 529 g/mol. The fourth-order valence-corrected chi connectivity index (χ4v) is 6.44. The van der Waals surface area contributed by atoms with Crippen LogP contribution in [-0.2, 0) is 9.59 Å². The largest absolute Gasteiger partial charge is 0.497 e. The number of benzene rings is 1. The van der Waals surface area contributed by atoms with E-state index in [2.05, 4.69) is 22.3 Å². The number of likely N-dealkylation sites (tertiary alicyclic amines) is 1. The fourth-order valence-electron chi connectivity index (χ4n) is 4.41. The van der Waals surface area contributed by atoms with Gasteiger partial charge >= 0.3 is 0 Å². The molecule has 1 aromatic carbocycles. The summed E-state index contributed by atoms with van der Waals surface area (Å²) >= 11 is 8.33. The van der Waals surface area contributed by atoms with Crippen LogP contribution in [0.4, 0.5) is 0 Å². The third-order valence-corrected chi connectivity index (χ3v) is 8.50. The first-order valence-corrected chi connectivity index (χ1v) is 14.1. The Bertz CT molecular complexity index is 1050. The lowest BCUT2D eigenvalue weighted by Gasteiger charge is -2.35. The second-order valence-corrected chi connectivity index (χ2v) is 11.3. The van der Waals surface area contributed by atoms with E-state index in [4.69, 9.17) is 17.0 Å². The van der Waals surface area contributed by atoms with Gasteiger partial charge in [0.05, 0.1) is 18.1 Å². The first kappa shape index (κ1) is 25.9. The smallest absolute Gasteiger partial charge is 0.266 e. The topological polar surface area (TPSA) is 61.9 Å². The van der Waals surface area contributed by atoms with E-state index < -0.39 is 0 Å². The highest BCUT2D eigenvalue weighted by Crippen LogP contribution is 2.33. The SMILES string of the molecule is COc1ccc(C(CNC(=O)CCCN2C(=O)/C(=C/c3cccs3)SC2=S)N2CCCCC2)cc1. The van der Waals surface area contributed by atoms with E-state index in [-0.39, 0.29) is 17.9 Å². The van der Waals surface area contributed by atoms with Crippen LogP contribution in [0.25, 0.3) is 6.08 Å². The molecule has 0 aliphatic carbocycles. The van der Waals surface area contributed by atoms with Gasteiger partial charge in [0, 0.05) is 24.4 Å². The number of methoxy groups -OCH3 is 1. The van der Waals surface area contributed by atoms with Crippen molar-refractivity contribution < 1.29 is 14.3 Å². The molecule has 1 N–H and O–H groups in total. The molecule has 35 heavy (non-hydrogen) atoms. The molecule has 0 saturated carbocycles. The lowest BCUT2D eigenvalue weighted by atomic mass is 10.0. The zero-order chi connectivity index (χ0) is 24.6. The van der Waals surface area contributed by atoms with Crippen molar-refractivity contribution in [2.24, 2.45) is 0 Å². The van der Waals surface area contributed by atoms with Gasteiger partial charge in [-0.2, -0.15) is 0 Å². The first-order valence-electron chi connectivity index (χ1n) is 12.0. The van der Waals surface area contributed by atoms with Gasteiger partial charge in [0.15, 0.2) is 0 Å². The number of piperidine rings is 1. The lowest BCUT2D eigenvalue weighted by molar-refractivity contribution is -0.124. The minimum Gasteiger partial charge on any atom is -0.497 e. The molecule has 1 aromatic heterocycles. The van der Waals surface area contributed by atoms with Crippen LogP contribution in [-0.4, -0.2) is 59.2 Å². The molecule has 4 rings (SSSR count). The van der Waals surface area contributed by atoms with Crippen LogP contribution >= 0.6 is 35.3 Å². The van der Waals surface area contributed by atoms with Gasteiger partial charge in [-0.15, -0.1) is 11.3 Å². The summed E-state index contributed by atoms with van der Waals surface area (Å²) < 4.78 is 5.86. The quantitative estimate of drug-likeness (QED) is 0.342. The molecule has 186 valence electrons. The fraction of sp³-hybridized carbons (Fsp3) is 0.423. The number of amides is 2. The van der Waals surface area contributed by atoms with Gasteiger partial charge < -0.3 is 10.1 Å². The highest BCUT2D eigenvalue weighted by molar-refractivity contribution is 8.26. The Morgan fingerprint density at radius 1 is 1.20 bits per heavy atom. The first-order chi connectivity index (χ1) is 17.0. The van der Waals surface area contributed by atoms with E-state index in [1.807, 2.05) is 35.7 Å². The summed E-state index contributed by atoms with van der Waals surface area (Å²) in [7, 11) is 1.67. The van der Waals surface area contributed by atoms with Crippen LogP contribution in [0.15, 0.2) is 46.7 Å². The Morgan fingerprint density at radius 2 is 1.97 bits per heavy atom. The second-order valence-electron chi connectivity index (χ2n) is 8.64. The molecule has 2 fully saturated rings. The molecule has 2 aromatic rings. The van der Waals surface area contributed by atoms with Crippen molar-refractivity contribution in [3.63, 3.8) is 0 Å². The Kier molecular flexibility index (Phi) is 9.37. The van der Waals surface area contributed by atoms with Crippen molar-refractivity contribution in [1.29, 1.82) is 0 Å². The van der Waals surface area contributed by atoms with Crippen molar-refractivity contribution >= 4 is 57.5 Å². The van der Waals surface area contributed by atoms with Crippen LogP contribution in [0.2, 0.25) is 0 Å². The predicted molar refractivity (Wildman–Crippen MR) is 148 cm³/mol. The number of hydrogen-bond acceptors (Lipinski definition) is 7. The van der Waals surface area contributed by atoms with E-state index >= 15 is 0 Å². The van der Waals surface area contributed by atoms with Crippen LogP contribution in [0.5, 0.6) is 5.75 Å². The van der Waals surface area contributed by atoms with Crippen molar-refractivity contribution in [1.82, 2.24) is 15.1 Å². The van der Waals surface area contributed by atoms with E-state index in [1.165, 1.54) is 36.6 Å². The maximum absolute atomic E-state index is 12.7. The zero-order valence-corrected chi connectivity index (χ0v) is 22.4. The predicted octanol–water partition coefficient (Wildman–Crippen LogP) is 5.08. The summed E-state index contributed by atoms with van der Waals surface area (Å²) in [5.41, 5.74) is 1.18. The molecule has 0 bridgehead atoms. The van der Waals surface area contributed by atoms with Crippen molar-refractivity contribution in [2.75, 3.05) is 33.3 Å². The molecule has 2 aliphatic heterocycles. The molecular weight excluding hydrogens is 499 g/mol. The average Bonchev–Trinajstić information content (AvgIpc) is 3.49. The van der Waals surface area contributed by atoms with Crippen LogP contribution in [0, 0.1) is 0 Å². The number of nitrogens with one attached hydrogen (secondary N) is 1. The maximum Gasteiger partial charge on any atom is 0.266 e. The van der Waals surface area contributed by atoms with E-state index in [9.17, 15) is 9.59 Å². The Balaban J connectivity index is 1.28. The summed E-state index contributed by atoms with van der Waals surface area (Å²) in [6.45, 7) is 3.10. The highest BCUT2D eigenvalue weighted by Gasteiger charge is 2.31. The summed E-state index contributed by atoms with van der Waals surface area (Å²) in [4.78, 5) is 31.2. The number of thiophene rings is 1. The summed E-state index contributed by atoms with van der Waals surface area (Å²) in [6.07, 6.45) is 6.45. The lowest BCUT2D eigenvalue weighted by Crippen LogP contribution is -2.40. The van der Waals surface area contributed by atoms with Crippen molar-refractivity contribution in [3.8, 4) is 5.75 Å². The number of nitrogens with zero attached hydrogens (tertiary/aromatic N) is 2. The second kappa shape index (κ2) is 12.7. The third-order valence-electron chi connectivity index (χ3n) is 6.30. The van der Waals surface area contributed by atoms with Gasteiger partial charge in [0.1, 0.15) is 10.1 Å². The van der Waals surface area contributed by atoms with Crippen molar-refractivity contribution in [3.05, 3.63) is 57.1 Å². The molecule has 3 heterocycles. The summed E-state index contributed by atoms with van der Waals surface area (Å²) in [6, 6.07) is 12.2. The average molecular weight is 530 g/mol. The van der Waals surface area contributed by atoms with Gasteiger partial charge in [-0.05, 0) is 67.6 Å². The third kappa shape index (κ3) is 6.94. The number of thiocarbonyl (C=S) groups is 1. The van der Waals surface area contributed by atoms with Crippen LogP contribution in [0.1, 0.15) is 48.6 Å². The Morgan fingerprint density at radius 3 is 2.66 bits per heavy atom. The van der Waals surface area contributed by atoms with Crippen LogP contribution in [0.3, 0.4) is 0 Å². The molecule has 9 heteroatoms. The summed E-state index contributed by atoms with van der Waals surface area (Å²) in [5.74, 6) is 0.759. The number of thioether (sulfide) groups is 1.